The predicted molar refractivity (Wildman–Crippen MR) is 185 cm³/mol. The fourth-order valence-electron chi connectivity index (χ4n) is 3.11. The third kappa shape index (κ3) is 13.1. The molecule has 0 radical (unpaired) electrons. The monoisotopic (exact) mass is 1350 g/mol. The minimum absolute atomic E-state index is 0.530. The number of nitrogens with zero attached hydrogens (tertiary/aromatic N) is 2. The summed E-state index contributed by atoms with van der Waals surface area (Å²) >= 11 is 15.3. The van der Waals surface area contributed by atoms with E-state index in [1.165, 1.54) is 29.4 Å². The molecule has 0 aliphatic heterocycles. The van der Waals surface area contributed by atoms with Crippen LogP contribution in [-0.4, -0.2) is 0 Å². The van der Waals surface area contributed by atoms with E-state index >= 15 is 0 Å². The van der Waals surface area contributed by atoms with Gasteiger partial charge in [0.25, 0.3) is 0 Å². The molecule has 0 amide bonds. The summed E-state index contributed by atoms with van der Waals surface area (Å²) in [6, 6.07) is 26.1. The summed E-state index contributed by atoms with van der Waals surface area (Å²) in [6.45, 7) is 1.78. The van der Waals surface area contributed by atoms with Gasteiger partial charge in [-0.1, -0.05) is 24.3 Å². The molecule has 10 heteroatoms. The average Bonchev–Trinajstić information content (AvgIpc) is 2.84. The van der Waals surface area contributed by atoms with Gasteiger partial charge < -0.3 is 0 Å². The van der Waals surface area contributed by atoms with Gasteiger partial charge in [0.2, 0.25) is 0 Å². The molecule has 34 heavy (non-hydrogen) atoms. The van der Waals surface area contributed by atoms with Crippen molar-refractivity contribution in [1.29, 1.82) is 0 Å². The van der Waals surface area contributed by atoms with Crippen LogP contribution in [0.15, 0.2) is 97.6 Å². The van der Waals surface area contributed by atoms with Crippen LogP contribution in [0.2, 0.25) is 0 Å². The molecule has 0 N–H and O–H groups in total. The predicted octanol–water partition coefficient (Wildman–Crippen LogP) is 2.79. The first-order chi connectivity index (χ1) is 16.5. The maximum atomic E-state index is 2.39. The molecule has 2 nitrogen and oxygen atoms in total. The van der Waals surface area contributed by atoms with Crippen LogP contribution >= 0.6 is 120 Å². The maximum Gasteiger partial charge on any atom is 0.173 e. The van der Waals surface area contributed by atoms with Crippen molar-refractivity contribution in [2.45, 2.75) is 13.1 Å². The van der Waals surface area contributed by atoms with Crippen molar-refractivity contribution in [3.05, 3.63) is 116 Å². The van der Waals surface area contributed by atoms with Crippen LogP contribution in [0.1, 0.15) is 11.1 Å². The third-order valence-electron chi connectivity index (χ3n) is 4.67. The molecule has 0 aliphatic carbocycles. The average molecular weight is 1350 g/mol. The third-order valence-corrected chi connectivity index (χ3v) is 6.11. The van der Waals surface area contributed by atoms with Gasteiger partial charge in [0.1, 0.15) is 0 Å². The Bertz CT molecular complexity index is 997. The van der Waals surface area contributed by atoms with Gasteiger partial charge in [-0.15, -0.1) is 0 Å². The van der Waals surface area contributed by atoms with Crippen molar-refractivity contribution in [2.75, 3.05) is 0 Å². The zero-order valence-corrected chi connectivity index (χ0v) is 34.8. The maximum absolute atomic E-state index is 2.39. The van der Waals surface area contributed by atoms with Gasteiger partial charge >= 0.3 is 101 Å². The number of rotatable bonds is 5. The van der Waals surface area contributed by atoms with Crippen molar-refractivity contribution >= 4 is 120 Å². The molecule has 0 aliphatic rings. The molecule has 4 rings (SSSR count). The van der Waals surface area contributed by atoms with Crippen molar-refractivity contribution in [3.8, 4) is 11.1 Å². The molecule has 0 bridgehead atoms. The number of aromatic nitrogens is 2. The van der Waals surface area contributed by atoms with E-state index in [0.29, 0.717) is 26.5 Å². The number of benzene rings is 2. The van der Waals surface area contributed by atoms with Gasteiger partial charge in [-0.2, -0.15) is 0 Å². The summed E-state index contributed by atoms with van der Waals surface area (Å²) in [5.74, 6) is 0. The Balaban J connectivity index is 0.000000618. The molecule has 0 unspecified atom stereocenters. The zero-order valence-electron chi connectivity index (χ0n) is 17.6. The Morgan fingerprint density at radius 1 is 0.471 bits per heavy atom. The van der Waals surface area contributed by atoms with E-state index in [1.54, 1.807) is 0 Å². The summed E-state index contributed by atoms with van der Waals surface area (Å²) in [5, 5.41) is 0. The summed E-state index contributed by atoms with van der Waals surface area (Å²) < 4.78 is 6.96. The van der Waals surface area contributed by atoms with E-state index in [-0.39, 0.29) is 0 Å². The van der Waals surface area contributed by atoms with Crippen molar-refractivity contribution < 1.29 is 35.6 Å². The molecule has 4 aromatic rings. The molecule has 0 spiro atoms. The topological polar surface area (TPSA) is 7.76 Å². The summed E-state index contributed by atoms with van der Waals surface area (Å²) in [4.78, 5) is 0. The second kappa shape index (κ2) is 19.6. The van der Waals surface area contributed by atoms with Crippen LogP contribution in [0.5, 0.6) is 0 Å². The summed E-state index contributed by atoms with van der Waals surface area (Å²) in [7, 11) is 0. The first kappa shape index (κ1) is 32.8. The largest absolute Gasteiger partial charge is 0.201 e. The van der Waals surface area contributed by atoms with Crippen LogP contribution < -0.4 is 35.6 Å². The van der Waals surface area contributed by atoms with E-state index < -0.39 is 0 Å². The molecule has 0 fully saturated rings. The van der Waals surface area contributed by atoms with E-state index in [9.17, 15) is 0 Å². The first-order valence-electron chi connectivity index (χ1n) is 9.70. The second-order valence-corrected chi connectivity index (χ2v) is 41.9. The van der Waals surface area contributed by atoms with Crippen LogP contribution in [-0.2, 0) is 13.1 Å². The Morgan fingerprint density at radius 3 is 1.00 bits per heavy atom. The van der Waals surface area contributed by atoms with Crippen LogP contribution in [0, 0.1) is 7.14 Å². The smallest absolute Gasteiger partial charge is 0.173 e. The standard InChI is InChI=1S/C24H20I2N2.2I3/c25-23-5-1-19(2-6-23)17-27-13-9-21(10-14-27)22-11-15-28(16-12-22)18-20-3-7-24(26)8-4-20;2*1-3-2/h1-16H,17-18H2;;/q+2;2*-1. The molecule has 2 aromatic carbocycles. The number of hydrogen-bond acceptors (Lipinski definition) is 0. The zero-order chi connectivity index (χ0) is 24.8. The molecule has 0 saturated heterocycles. The van der Waals surface area contributed by atoms with Gasteiger partial charge in [0.15, 0.2) is 37.9 Å². The number of pyridine rings is 2. The minimum atomic E-state index is 0.530. The van der Waals surface area contributed by atoms with E-state index in [4.69, 9.17) is 0 Å². The minimum Gasteiger partial charge on any atom is -0.201 e. The molecule has 182 valence electrons. The van der Waals surface area contributed by atoms with E-state index in [1.807, 2.05) is 0 Å². The second-order valence-electron chi connectivity index (χ2n) is 6.88. The molecule has 0 saturated carbocycles. The summed E-state index contributed by atoms with van der Waals surface area (Å²) in [5.41, 5.74) is 5.10. The first-order valence-corrected chi connectivity index (χ1v) is 37.0. The van der Waals surface area contributed by atoms with Gasteiger partial charge in [-0.3, -0.25) is 0 Å². The normalized spacial score (nSPS) is 10.2. The Labute approximate surface area is 289 Å². The molecule has 0 atom stereocenters. The van der Waals surface area contributed by atoms with Crippen molar-refractivity contribution in [3.63, 3.8) is 0 Å². The van der Waals surface area contributed by atoms with Gasteiger partial charge in [0, 0.05) is 42.5 Å². The van der Waals surface area contributed by atoms with Gasteiger partial charge in [-0.25, -0.2) is 9.13 Å². The SMILES string of the molecule is I[I-]I.I[I-]I.Ic1ccc(C[n+]2ccc(-c3cc[n+](Cc4ccc(I)cc4)cc3)cc2)cc1. The van der Waals surface area contributed by atoms with Crippen LogP contribution in [0.3, 0.4) is 0 Å². The Kier molecular flexibility index (Phi) is 18.9. The molecule has 2 aromatic heterocycles. The Morgan fingerprint density at radius 2 is 0.735 bits per heavy atom. The molecular formula is C24H20I8N2. The van der Waals surface area contributed by atoms with Gasteiger partial charge in [-0.05, 0) is 80.6 Å². The quantitative estimate of drug-likeness (QED) is 0.215. The van der Waals surface area contributed by atoms with Crippen molar-refractivity contribution in [2.24, 2.45) is 0 Å². The summed E-state index contributed by atoms with van der Waals surface area (Å²) in [6.07, 6.45) is 8.61. The number of halogens is 8. The van der Waals surface area contributed by atoms with Crippen LogP contribution in [0.4, 0.5) is 0 Å². The van der Waals surface area contributed by atoms with Crippen LogP contribution in [0.25, 0.3) is 11.1 Å². The fourth-order valence-corrected chi connectivity index (χ4v) is 3.83. The Hall–Kier alpha value is 2.58. The van der Waals surface area contributed by atoms with Gasteiger partial charge in [0.05, 0.1) is 0 Å². The molecular weight excluding hydrogens is 1330 g/mol. The van der Waals surface area contributed by atoms with Crippen molar-refractivity contribution in [1.82, 2.24) is 0 Å². The van der Waals surface area contributed by atoms with E-state index in [2.05, 4.69) is 226 Å². The fraction of sp³-hybridized carbons (Fsp3) is 0.0833. The van der Waals surface area contributed by atoms with E-state index in [0.717, 1.165) is 13.1 Å². The molecule has 2 heterocycles. The number of hydrogen-bond donors (Lipinski definition) is 0.